The maximum Gasteiger partial charge on any atom is 0.248 e. The number of rotatable bonds is 0. The van der Waals surface area contributed by atoms with E-state index >= 15 is 0 Å². The van der Waals surface area contributed by atoms with Gasteiger partial charge in [0.05, 0.1) is 5.69 Å². The second-order valence-electron chi connectivity index (χ2n) is 3.17. The van der Waals surface area contributed by atoms with Crippen molar-refractivity contribution in [3.8, 4) is 5.75 Å². The van der Waals surface area contributed by atoms with Crippen LogP contribution in [0.4, 0.5) is 5.69 Å². The van der Waals surface area contributed by atoms with Crippen molar-refractivity contribution in [2.75, 3.05) is 18.5 Å². The van der Waals surface area contributed by atoms with Gasteiger partial charge in [0.1, 0.15) is 12.3 Å². The summed E-state index contributed by atoms with van der Waals surface area (Å²) in [5.41, 5.74) is 1.53. The maximum absolute atomic E-state index is 11.4. The predicted octanol–water partition coefficient (Wildman–Crippen LogP) is 0.787. The minimum absolute atomic E-state index is 0.0781. The van der Waals surface area contributed by atoms with Crippen LogP contribution in [0.25, 0.3) is 0 Å². The number of fused-ring (bicyclic) bond motifs is 1. The molecule has 0 aromatic heterocycles. The summed E-state index contributed by atoms with van der Waals surface area (Å²) in [4.78, 5) is 16.9. The van der Waals surface area contributed by atoms with Crippen LogP contribution in [0.5, 0.6) is 5.75 Å². The lowest BCUT2D eigenvalue weighted by molar-refractivity contribution is -0.116. The highest BCUT2D eigenvalue weighted by Gasteiger charge is 2.16. The molecule has 1 amide bonds. The molecule has 14 heavy (non-hydrogen) atoms. The molecule has 2 rings (SSSR count). The molecule has 1 aromatic carbocycles. The van der Waals surface area contributed by atoms with Crippen LogP contribution >= 0.6 is 0 Å². The van der Waals surface area contributed by atoms with Crippen LogP contribution in [0.15, 0.2) is 23.2 Å². The van der Waals surface area contributed by atoms with Gasteiger partial charge in [0, 0.05) is 24.9 Å². The molecule has 0 aliphatic carbocycles. The monoisotopic (exact) mass is 190 g/mol. The highest BCUT2D eigenvalue weighted by molar-refractivity contribution is 6.03. The lowest BCUT2D eigenvalue weighted by atomic mass is 10.1. The van der Waals surface area contributed by atoms with Crippen LogP contribution in [0.3, 0.4) is 0 Å². The summed E-state index contributed by atoms with van der Waals surface area (Å²) in [5, 5.41) is 9.30. The van der Waals surface area contributed by atoms with Gasteiger partial charge in [0.15, 0.2) is 0 Å². The van der Waals surface area contributed by atoms with Gasteiger partial charge in [-0.2, -0.15) is 0 Å². The fourth-order valence-corrected chi connectivity index (χ4v) is 1.39. The molecule has 72 valence electrons. The molecular formula is C10H10N2O2. The van der Waals surface area contributed by atoms with Gasteiger partial charge in [-0.05, 0) is 12.1 Å². The van der Waals surface area contributed by atoms with Crippen molar-refractivity contribution in [2.24, 2.45) is 4.99 Å². The Morgan fingerprint density at radius 2 is 2.29 bits per heavy atom. The van der Waals surface area contributed by atoms with Crippen LogP contribution in [0.1, 0.15) is 5.56 Å². The number of carbonyl (C=O) groups is 1. The van der Waals surface area contributed by atoms with Gasteiger partial charge in [-0.25, -0.2) is 0 Å². The van der Waals surface area contributed by atoms with Gasteiger partial charge < -0.3 is 10.0 Å². The van der Waals surface area contributed by atoms with Gasteiger partial charge in [-0.15, -0.1) is 0 Å². The maximum atomic E-state index is 11.4. The number of aliphatic imine (C=N–C) groups is 1. The number of aromatic hydroxyl groups is 1. The summed E-state index contributed by atoms with van der Waals surface area (Å²) in [5.74, 6) is 0.0734. The Kier molecular flexibility index (Phi) is 1.96. The van der Waals surface area contributed by atoms with E-state index in [1.807, 2.05) is 0 Å². The number of benzene rings is 1. The SMILES string of the molecule is CN1C(=O)CN=Cc2ccc(O)cc21. The minimum Gasteiger partial charge on any atom is -0.508 e. The molecule has 0 saturated carbocycles. The average molecular weight is 190 g/mol. The topological polar surface area (TPSA) is 52.9 Å². The van der Waals surface area contributed by atoms with Crippen LogP contribution in [-0.4, -0.2) is 30.8 Å². The van der Waals surface area contributed by atoms with Crippen molar-refractivity contribution in [3.05, 3.63) is 23.8 Å². The quantitative estimate of drug-likeness (QED) is 0.657. The molecule has 1 aromatic rings. The lowest BCUT2D eigenvalue weighted by Crippen LogP contribution is -2.27. The van der Waals surface area contributed by atoms with Gasteiger partial charge in [0.25, 0.3) is 0 Å². The van der Waals surface area contributed by atoms with E-state index in [-0.39, 0.29) is 18.2 Å². The predicted molar refractivity (Wildman–Crippen MR) is 54.0 cm³/mol. The minimum atomic E-state index is -0.0781. The number of phenols is 1. The lowest BCUT2D eigenvalue weighted by Gasteiger charge is -2.16. The zero-order valence-electron chi connectivity index (χ0n) is 7.77. The zero-order chi connectivity index (χ0) is 10.1. The fourth-order valence-electron chi connectivity index (χ4n) is 1.39. The summed E-state index contributed by atoms with van der Waals surface area (Å²) in [6, 6.07) is 4.88. The fraction of sp³-hybridized carbons (Fsp3) is 0.200. The van der Waals surface area contributed by atoms with Crippen molar-refractivity contribution < 1.29 is 9.90 Å². The number of benzodiazepines with no additional fused rings is 1. The molecule has 1 aliphatic heterocycles. The largest absolute Gasteiger partial charge is 0.508 e. The van der Waals surface area contributed by atoms with E-state index in [4.69, 9.17) is 0 Å². The molecule has 0 fully saturated rings. The van der Waals surface area contributed by atoms with E-state index < -0.39 is 0 Å². The van der Waals surface area contributed by atoms with Gasteiger partial charge in [0.2, 0.25) is 5.91 Å². The number of hydrogen-bond donors (Lipinski definition) is 1. The van der Waals surface area contributed by atoms with E-state index in [2.05, 4.69) is 4.99 Å². The molecule has 0 bridgehead atoms. The van der Waals surface area contributed by atoms with Crippen molar-refractivity contribution in [2.45, 2.75) is 0 Å². The molecule has 4 heteroatoms. The summed E-state index contributed by atoms with van der Waals surface area (Å²) < 4.78 is 0. The summed E-state index contributed by atoms with van der Waals surface area (Å²) in [6.07, 6.45) is 1.65. The molecule has 0 atom stereocenters. The zero-order valence-corrected chi connectivity index (χ0v) is 7.77. The van der Waals surface area contributed by atoms with Crippen molar-refractivity contribution >= 4 is 17.8 Å². The molecule has 1 heterocycles. The first-order valence-electron chi connectivity index (χ1n) is 4.28. The number of likely N-dealkylation sites (N-methyl/N-ethyl adjacent to an activating group) is 1. The molecule has 0 saturated heterocycles. The van der Waals surface area contributed by atoms with Crippen LogP contribution in [0, 0.1) is 0 Å². The highest BCUT2D eigenvalue weighted by Crippen LogP contribution is 2.24. The highest BCUT2D eigenvalue weighted by atomic mass is 16.3. The van der Waals surface area contributed by atoms with Crippen LogP contribution < -0.4 is 4.90 Å². The molecule has 0 spiro atoms. The van der Waals surface area contributed by atoms with E-state index in [0.29, 0.717) is 5.69 Å². The van der Waals surface area contributed by atoms with Gasteiger partial charge in [-0.3, -0.25) is 9.79 Å². The summed E-state index contributed by atoms with van der Waals surface area (Å²) >= 11 is 0. The molecule has 1 aliphatic rings. The number of anilines is 1. The molecule has 4 nitrogen and oxygen atoms in total. The Labute approximate surface area is 81.5 Å². The summed E-state index contributed by atoms with van der Waals surface area (Å²) in [6.45, 7) is 0.159. The Morgan fingerprint density at radius 3 is 3.07 bits per heavy atom. The first kappa shape index (κ1) is 8.74. The third-order valence-electron chi connectivity index (χ3n) is 2.21. The van der Waals surface area contributed by atoms with E-state index in [0.717, 1.165) is 5.56 Å². The van der Waals surface area contributed by atoms with Crippen molar-refractivity contribution in [1.29, 1.82) is 0 Å². The van der Waals surface area contributed by atoms with E-state index in [1.165, 1.54) is 4.90 Å². The third-order valence-corrected chi connectivity index (χ3v) is 2.21. The third kappa shape index (κ3) is 1.35. The number of phenolic OH excluding ortho intramolecular Hbond substituents is 1. The van der Waals surface area contributed by atoms with E-state index in [1.54, 1.807) is 31.5 Å². The van der Waals surface area contributed by atoms with Crippen molar-refractivity contribution in [1.82, 2.24) is 0 Å². The number of carbonyl (C=O) groups excluding carboxylic acids is 1. The summed E-state index contributed by atoms with van der Waals surface area (Å²) in [7, 11) is 1.68. The Balaban J connectivity index is 2.57. The van der Waals surface area contributed by atoms with E-state index in [9.17, 15) is 9.90 Å². The normalized spacial score (nSPS) is 15.2. The smallest absolute Gasteiger partial charge is 0.248 e. The molecule has 0 unspecified atom stereocenters. The Bertz CT molecular complexity index is 413. The van der Waals surface area contributed by atoms with Gasteiger partial charge in [-0.1, -0.05) is 0 Å². The molecular weight excluding hydrogens is 180 g/mol. The Hall–Kier alpha value is -1.84. The average Bonchev–Trinajstić information content (AvgIpc) is 2.30. The van der Waals surface area contributed by atoms with Crippen LogP contribution in [0.2, 0.25) is 0 Å². The van der Waals surface area contributed by atoms with Gasteiger partial charge >= 0.3 is 0 Å². The standard InChI is InChI=1S/C10H10N2O2/c1-12-9-4-8(13)3-2-7(9)5-11-6-10(12)14/h2-5,13H,6H2,1H3. The first-order valence-corrected chi connectivity index (χ1v) is 4.28. The first-order chi connectivity index (χ1) is 6.68. The van der Waals surface area contributed by atoms with Crippen molar-refractivity contribution in [3.63, 3.8) is 0 Å². The second-order valence-corrected chi connectivity index (χ2v) is 3.17. The number of amides is 1. The van der Waals surface area contributed by atoms with Crippen LogP contribution in [-0.2, 0) is 4.79 Å². The number of hydrogen-bond acceptors (Lipinski definition) is 3. The number of nitrogens with zero attached hydrogens (tertiary/aromatic N) is 2. The second kappa shape index (κ2) is 3.14. The molecule has 1 N–H and O–H groups in total. The Morgan fingerprint density at radius 1 is 1.50 bits per heavy atom. The molecule has 0 radical (unpaired) electrons.